The summed E-state index contributed by atoms with van der Waals surface area (Å²) in [5, 5.41) is 12.5. The van der Waals surface area contributed by atoms with Crippen LogP contribution in [0, 0.1) is 5.92 Å². The van der Waals surface area contributed by atoms with E-state index in [-0.39, 0.29) is 24.0 Å². The third kappa shape index (κ3) is 9.42. The number of nitrogens with two attached hydrogens (primary N) is 2. The van der Waals surface area contributed by atoms with Gasteiger partial charge in [-0.2, -0.15) is 0 Å². The minimum absolute atomic E-state index is 0.190. The van der Waals surface area contributed by atoms with Gasteiger partial charge in [-0.1, -0.05) is 19.3 Å². The summed E-state index contributed by atoms with van der Waals surface area (Å²) < 4.78 is 0. The highest BCUT2D eigenvalue weighted by Crippen LogP contribution is 2.24. The van der Waals surface area contributed by atoms with Crippen LogP contribution in [0.25, 0.3) is 0 Å². The molecule has 10 nitrogen and oxygen atoms in total. The Morgan fingerprint density at radius 1 is 1.03 bits per heavy atom. The number of aldehydes is 1. The van der Waals surface area contributed by atoms with Crippen LogP contribution in [0.1, 0.15) is 57.8 Å². The molecule has 3 aliphatic rings. The molecule has 1 saturated heterocycles. The maximum Gasteiger partial charge on any atom is 0.288 e. The number of hydrogen-bond acceptors (Lipinski definition) is 8. The zero-order valence-corrected chi connectivity index (χ0v) is 18.7. The molecule has 0 spiro atoms. The van der Waals surface area contributed by atoms with Gasteiger partial charge in [0.15, 0.2) is 0 Å². The molecule has 7 N–H and O–H groups in total. The van der Waals surface area contributed by atoms with Gasteiger partial charge in [0.05, 0.1) is 12.1 Å². The number of likely N-dealkylation sites (N-methyl/N-ethyl adjacent to an activating group) is 1. The number of ketones is 1. The average Bonchev–Trinajstić information content (AvgIpc) is 3.51. The molecule has 178 valence electrons. The fourth-order valence-electron chi connectivity index (χ4n) is 3.92. The first-order valence-electron chi connectivity index (χ1n) is 11.1. The molecule has 31 heavy (non-hydrogen) atoms. The molecule has 0 aromatic rings. The number of nitrogens with zero attached hydrogens (tertiary/aromatic N) is 1. The molecular formula is C21H39N5O5. The summed E-state index contributed by atoms with van der Waals surface area (Å²) >= 11 is 0. The van der Waals surface area contributed by atoms with Crippen molar-refractivity contribution >= 4 is 23.9 Å². The van der Waals surface area contributed by atoms with E-state index < -0.39 is 17.9 Å². The van der Waals surface area contributed by atoms with E-state index in [1.165, 1.54) is 19.3 Å². The predicted octanol–water partition coefficient (Wildman–Crippen LogP) is -0.969. The van der Waals surface area contributed by atoms with Crippen molar-refractivity contribution in [3.63, 3.8) is 0 Å². The predicted molar refractivity (Wildman–Crippen MR) is 117 cm³/mol. The van der Waals surface area contributed by atoms with Crippen LogP contribution in [-0.4, -0.2) is 78.9 Å². The lowest BCUT2D eigenvalue weighted by atomic mass is 9.85. The van der Waals surface area contributed by atoms with Crippen LogP contribution in [0.15, 0.2) is 0 Å². The molecular weight excluding hydrogens is 402 g/mol. The maximum atomic E-state index is 12.1. The van der Waals surface area contributed by atoms with Crippen molar-refractivity contribution in [1.82, 2.24) is 15.5 Å². The molecule has 10 heteroatoms. The first-order chi connectivity index (χ1) is 14.8. The summed E-state index contributed by atoms with van der Waals surface area (Å²) in [4.78, 5) is 47.0. The summed E-state index contributed by atoms with van der Waals surface area (Å²) in [6.45, 7) is 0.864. The first kappa shape index (κ1) is 27.2. The lowest BCUT2D eigenvalue weighted by molar-refractivity contribution is -0.139. The van der Waals surface area contributed by atoms with Crippen LogP contribution >= 0.6 is 0 Å². The smallest absolute Gasteiger partial charge is 0.288 e. The summed E-state index contributed by atoms with van der Waals surface area (Å²) in [5.74, 6) is -1.57. The number of amides is 2. The zero-order chi connectivity index (χ0) is 23.4. The number of carbonyl (C=O) groups excluding carboxylic acids is 4. The van der Waals surface area contributed by atoms with Crippen molar-refractivity contribution < 1.29 is 24.3 Å². The number of hydrogen-bond donors (Lipinski definition) is 5. The fourth-order valence-corrected chi connectivity index (χ4v) is 3.92. The maximum absolute atomic E-state index is 12.1. The average molecular weight is 442 g/mol. The first-order valence-corrected chi connectivity index (χ1v) is 11.1. The van der Waals surface area contributed by atoms with Crippen LogP contribution in [-0.2, 0) is 19.2 Å². The van der Waals surface area contributed by atoms with Crippen LogP contribution in [0.5, 0.6) is 0 Å². The highest BCUT2D eigenvalue weighted by Gasteiger charge is 2.35. The van der Waals surface area contributed by atoms with Crippen molar-refractivity contribution in [2.45, 2.75) is 82.1 Å². The lowest BCUT2D eigenvalue weighted by Gasteiger charge is -2.23. The Morgan fingerprint density at radius 3 is 2.10 bits per heavy atom. The van der Waals surface area contributed by atoms with Crippen LogP contribution < -0.4 is 22.1 Å². The van der Waals surface area contributed by atoms with E-state index in [1.54, 1.807) is 0 Å². The van der Waals surface area contributed by atoms with Crippen molar-refractivity contribution in [3.8, 4) is 0 Å². The summed E-state index contributed by atoms with van der Waals surface area (Å²) in [5.41, 5.74) is 10.6. The molecule has 2 saturated carbocycles. The minimum atomic E-state index is -1.03. The number of aliphatic hydroxyl groups is 1. The third-order valence-electron chi connectivity index (χ3n) is 5.95. The Hall–Kier alpha value is -1.88. The number of likely N-dealkylation sites (tertiary alicyclic amines) is 1. The van der Waals surface area contributed by atoms with Crippen LogP contribution in [0.3, 0.4) is 0 Å². The van der Waals surface area contributed by atoms with Gasteiger partial charge in [0, 0.05) is 13.2 Å². The molecule has 0 aromatic carbocycles. The highest BCUT2D eigenvalue weighted by atomic mass is 16.2. The van der Waals surface area contributed by atoms with Crippen molar-refractivity contribution in [2.24, 2.45) is 17.4 Å². The molecule has 1 aliphatic heterocycles. The molecule has 0 radical (unpaired) electrons. The fraction of sp³-hybridized carbons (Fsp3) is 0.810. The van der Waals surface area contributed by atoms with E-state index in [2.05, 4.69) is 10.6 Å². The lowest BCUT2D eigenvalue weighted by Crippen LogP contribution is -2.58. The number of nitrogens with one attached hydrogen (secondary N) is 2. The second-order valence-corrected chi connectivity index (χ2v) is 8.36. The van der Waals surface area contributed by atoms with Gasteiger partial charge in [0.1, 0.15) is 12.5 Å². The van der Waals surface area contributed by atoms with Gasteiger partial charge in [0.2, 0.25) is 5.91 Å². The molecule has 1 heterocycles. The van der Waals surface area contributed by atoms with Crippen molar-refractivity contribution in [1.29, 1.82) is 0 Å². The summed E-state index contributed by atoms with van der Waals surface area (Å²) in [6, 6.07) is -0.237. The quantitative estimate of drug-likeness (QED) is 0.182. The van der Waals surface area contributed by atoms with Gasteiger partial charge in [0.25, 0.3) is 11.7 Å². The van der Waals surface area contributed by atoms with E-state index in [0.29, 0.717) is 5.92 Å². The molecule has 3 rings (SSSR count). The van der Waals surface area contributed by atoms with Gasteiger partial charge < -0.3 is 26.7 Å². The van der Waals surface area contributed by atoms with E-state index >= 15 is 0 Å². The molecule has 3 unspecified atom stereocenters. The van der Waals surface area contributed by atoms with E-state index in [0.717, 1.165) is 58.5 Å². The van der Waals surface area contributed by atoms with E-state index in [9.17, 15) is 19.2 Å². The number of aliphatic hydroxyl groups excluding tert-OH is 1. The SMILES string of the molecule is CN1CCCC1C(=O)NC(NC1CC1)C(=O)C(N)=O.CO.NC(C=O)C1CCCCC1. The highest BCUT2D eigenvalue weighted by molar-refractivity contribution is 6.37. The number of rotatable bonds is 8. The second kappa shape index (κ2) is 14.2. The molecule has 0 bridgehead atoms. The minimum Gasteiger partial charge on any atom is -0.400 e. The Kier molecular flexibility index (Phi) is 12.5. The Bertz CT molecular complexity index is 593. The van der Waals surface area contributed by atoms with Gasteiger partial charge >= 0.3 is 0 Å². The standard InChI is InChI=1S/C12H20N4O3.C8H15NO.CH4O/c1-16-6-2-3-8(16)12(19)15-11(9(17)10(13)18)14-7-4-5-7;9-8(6-10)7-4-2-1-3-5-7;1-2/h7-8,11,14H,2-6H2,1H3,(H2,13,18)(H,15,19);6-8H,1-5,9H2;2H,1H3. The topological polar surface area (TPSA) is 168 Å². The Morgan fingerprint density at radius 2 is 1.65 bits per heavy atom. The summed E-state index contributed by atoms with van der Waals surface area (Å²) in [7, 11) is 2.87. The summed E-state index contributed by atoms with van der Waals surface area (Å²) in [6.07, 6.45) is 9.65. The largest absolute Gasteiger partial charge is 0.400 e. The molecule has 3 fully saturated rings. The molecule has 2 aliphatic carbocycles. The van der Waals surface area contributed by atoms with Gasteiger partial charge in [-0.25, -0.2) is 0 Å². The second-order valence-electron chi connectivity index (χ2n) is 8.36. The molecule has 3 atom stereocenters. The van der Waals surface area contributed by atoms with Gasteiger partial charge in [-0.15, -0.1) is 0 Å². The van der Waals surface area contributed by atoms with Crippen molar-refractivity contribution in [3.05, 3.63) is 0 Å². The van der Waals surface area contributed by atoms with Crippen molar-refractivity contribution in [2.75, 3.05) is 20.7 Å². The van der Waals surface area contributed by atoms with E-state index in [1.807, 2.05) is 11.9 Å². The van der Waals surface area contributed by atoms with E-state index in [4.69, 9.17) is 16.6 Å². The Balaban J connectivity index is 0.000000337. The van der Waals surface area contributed by atoms with Crippen LogP contribution in [0.4, 0.5) is 0 Å². The number of primary amides is 1. The van der Waals surface area contributed by atoms with Gasteiger partial charge in [-0.05, 0) is 58.0 Å². The van der Waals surface area contributed by atoms with Gasteiger partial charge in [-0.3, -0.25) is 24.6 Å². The number of Topliss-reactive ketones (excluding diaryl/α,β-unsaturated/α-hetero) is 1. The Labute approximate surface area is 184 Å². The zero-order valence-electron chi connectivity index (χ0n) is 18.7. The normalized spacial score (nSPS) is 23.3. The molecule has 0 aromatic heterocycles. The number of carbonyl (C=O) groups is 4. The molecule has 2 amide bonds. The third-order valence-corrected chi connectivity index (χ3v) is 5.95. The monoisotopic (exact) mass is 441 g/mol. The van der Waals surface area contributed by atoms with Crippen LogP contribution in [0.2, 0.25) is 0 Å².